The predicted molar refractivity (Wildman–Crippen MR) is 101 cm³/mol. The van der Waals surface area contributed by atoms with Crippen LogP contribution in [0.4, 0.5) is 0 Å². The van der Waals surface area contributed by atoms with E-state index in [9.17, 15) is 14.7 Å². The fourth-order valence-electron chi connectivity index (χ4n) is 3.74. The molecule has 27 heavy (non-hydrogen) atoms. The highest BCUT2D eigenvalue weighted by Gasteiger charge is 2.30. The van der Waals surface area contributed by atoms with Gasteiger partial charge in [-0.05, 0) is 37.3 Å². The molecule has 1 aromatic carbocycles. The Hall–Kier alpha value is -2.50. The molecule has 1 fully saturated rings. The molecule has 6 nitrogen and oxygen atoms in total. The standard InChI is InChI=1S/C21H27NO5/c1-12-5-4-6-18(13(12)2)22-21(25)14(3)27-20(24)9-15-11-26-19-10-16(23)7-8-17(15)19/h7-8,10-14,18,23H,4-6,9H2,1-3H3,(H,22,25)/t12-,13-,14-,18+/m1/s1. The zero-order valence-corrected chi connectivity index (χ0v) is 16.0. The first-order valence-corrected chi connectivity index (χ1v) is 9.54. The third kappa shape index (κ3) is 4.43. The first-order valence-electron chi connectivity index (χ1n) is 9.54. The van der Waals surface area contributed by atoms with Gasteiger partial charge in [0.2, 0.25) is 0 Å². The Balaban J connectivity index is 1.55. The number of ether oxygens (including phenoxy) is 1. The second-order valence-electron chi connectivity index (χ2n) is 7.63. The number of aromatic hydroxyl groups is 1. The minimum atomic E-state index is -0.843. The van der Waals surface area contributed by atoms with E-state index in [0.717, 1.165) is 18.2 Å². The zero-order chi connectivity index (χ0) is 19.6. The van der Waals surface area contributed by atoms with Gasteiger partial charge >= 0.3 is 5.97 Å². The number of rotatable bonds is 5. The van der Waals surface area contributed by atoms with Crippen molar-refractivity contribution in [2.75, 3.05) is 0 Å². The van der Waals surface area contributed by atoms with Gasteiger partial charge in [0.15, 0.2) is 6.10 Å². The summed E-state index contributed by atoms with van der Waals surface area (Å²) in [7, 11) is 0. The summed E-state index contributed by atoms with van der Waals surface area (Å²) in [5, 5.41) is 13.3. The number of furan rings is 1. The van der Waals surface area contributed by atoms with Crippen molar-refractivity contribution >= 4 is 22.8 Å². The molecule has 0 aliphatic heterocycles. The summed E-state index contributed by atoms with van der Waals surface area (Å²) >= 11 is 0. The van der Waals surface area contributed by atoms with E-state index < -0.39 is 12.1 Å². The topological polar surface area (TPSA) is 88.8 Å². The van der Waals surface area contributed by atoms with Crippen molar-refractivity contribution in [1.82, 2.24) is 5.32 Å². The summed E-state index contributed by atoms with van der Waals surface area (Å²) in [4.78, 5) is 24.7. The third-order valence-corrected chi connectivity index (χ3v) is 5.69. The van der Waals surface area contributed by atoms with Crippen molar-refractivity contribution < 1.29 is 23.8 Å². The van der Waals surface area contributed by atoms with Gasteiger partial charge in [-0.25, -0.2) is 0 Å². The lowest BCUT2D eigenvalue weighted by Crippen LogP contribution is -2.47. The molecule has 0 radical (unpaired) electrons. The van der Waals surface area contributed by atoms with Crippen LogP contribution in [-0.2, 0) is 20.7 Å². The van der Waals surface area contributed by atoms with Gasteiger partial charge < -0.3 is 19.6 Å². The number of hydrogen-bond acceptors (Lipinski definition) is 5. The average molecular weight is 373 g/mol. The van der Waals surface area contributed by atoms with Gasteiger partial charge in [0.05, 0.1) is 12.7 Å². The fourth-order valence-corrected chi connectivity index (χ4v) is 3.74. The lowest BCUT2D eigenvalue weighted by Gasteiger charge is -2.35. The first kappa shape index (κ1) is 19.3. The number of fused-ring (bicyclic) bond motifs is 1. The Bertz CT molecular complexity index is 827. The Morgan fingerprint density at radius 1 is 1.33 bits per heavy atom. The smallest absolute Gasteiger partial charge is 0.311 e. The number of hydrogen-bond donors (Lipinski definition) is 2. The molecule has 4 atom stereocenters. The summed E-state index contributed by atoms with van der Waals surface area (Å²) < 4.78 is 10.7. The molecule has 1 aliphatic rings. The van der Waals surface area contributed by atoms with Gasteiger partial charge in [0.1, 0.15) is 11.3 Å². The van der Waals surface area contributed by atoms with Crippen LogP contribution in [0.15, 0.2) is 28.9 Å². The lowest BCUT2D eigenvalue weighted by atomic mass is 9.78. The number of benzene rings is 1. The molecule has 146 valence electrons. The molecule has 0 unspecified atom stereocenters. The van der Waals surface area contributed by atoms with Crippen molar-refractivity contribution in [2.24, 2.45) is 11.8 Å². The maximum Gasteiger partial charge on any atom is 0.311 e. The molecule has 1 aliphatic carbocycles. The number of carbonyl (C=O) groups is 2. The van der Waals surface area contributed by atoms with Gasteiger partial charge in [-0.3, -0.25) is 9.59 Å². The van der Waals surface area contributed by atoms with Crippen molar-refractivity contribution in [3.8, 4) is 5.75 Å². The van der Waals surface area contributed by atoms with Crippen LogP contribution in [0.5, 0.6) is 5.75 Å². The molecule has 1 aromatic heterocycles. The van der Waals surface area contributed by atoms with E-state index in [2.05, 4.69) is 19.2 Å². The minimum Gasteiger partial charge on any atom is -0.508 e. The second kappa shape index (κ2) is 8.03. The van der Waals surface area contributed by atoms with Gasteiger partial charge in [-0.15, -0.1) is 0 Å². The summed E-state index contributed by atoms with van der Waals surface area (Å²) in [5.74, 6) is 0.354. The van der Waals surface area contributed by atoms with Gasteiger partial charge in [0.25, 0.3) is 5.91 Å². The van der Waals surface area contributed by atoms with E-state index in [4.69, 9.17) is 9.15 Å². The number of nitrogens with one attached hydrogen (secondary N) is 1. The van der Waals surface area contributed by atoms with Crippen LogP contribution in [0.1, 0.15) is 45.6 Å². The molecule has 2 aromatic rings. The van der Waals surface area contributed by atoms with Crippen LogP contribution in [0.2, 0.25) is 0 Å². The van der Waals surface area contributed by atoms with Gasteiger partial charge in [-0.1, -0.05) is 26.7 Å². The van der Waals surface area contributed by atoms with Crippen molar-refractivity contribution in [1.29, 1.82) is 0 Å². The van der Waals surface area contributed by atoms with Crippen molar-refractivity contribution in [3.05, 3.63) is 30.0 Å². The quantitative estimate of drug-likeness (QED) is 0.783. The lowest BCUT2D eigenvalue weighted by molar-refractivity contribution is -0.154. The molecule has 1 heterocycles. The number of phenols is 1. The zero-order valence-electron chi connectivity index (χ0n) is 16.0. The fraction of sp³-hybridized carbons (Fsp3) is 0.524. The van der Waals surface area contributed by atoms with E-state index in [-0.39, 0.29) is 24.1 Å². The van der Waals surface area contributed by atoms with Crippen LogP contribution in [0.3, 0.4) is 0 Å². The molecular weight excluding hydrogens is 346 g/mol. The molecular formula is C21H27NO5. The minimum absolute atomic E-state index is 0.00621. The van der Waals surface area contributed by atoms with Gasteiger partial charge in [-0.2, -0.15) is 0 Å². The van der Waals surface area contributed by atoms with Crippen molar-refractivity contribution in [2.45, 2.75) is 58.6 Å². The highest BCUT2D eigenvalue weighted by Crippen LogP contribution is 2.29. The Morgan fingerprint density at radius 2 is 2.11 bits per heavy atom. The molecule has 1 saturated carbocycles. The molecule has 0 bridgehead atoms. The van der Waals surface area contributed by atoms with Gasteiger partial charge in [0, 0.05) is 23.1 Å². The highest BCUT2D eigenvalue weighted by atomic mass is 16.5. The van der Waals surface area contributed by atoms with E-state index >= 15 is 0 Å². The summed E-state index contributed by atoms with van der Waals surface area (Å²) in [5.41, 5.74) is 1.17. The normalized spacial score (nSPS) is 23.7. The largest absolute Gasteiger partial charge is 0.508 e. The molecule has 0 saturated heterocycles. The third-order valence-electron chi connectivity index (χ3n) is 5.69. The number of amides is 1. The molecule has 2 N–H and O–H groups in total. The van der Waals surface area contributed by atoms with E-state index in [0.29, 0.717) is 23.0 Å². The van der Waals surface area contributed by atoms with E-state index in [1.54, 1.807) is 13.0 Å². The Morgan fingerprint density at radius 3 is 2.89 bits per heavy atom. The Labute approximate surface area is 158 Å². The molecule has 3 rings (SSSR count). The second-order valence-corrected chi connectivity index (χ2v) is 7.63. The van der Waals surface area contributed by atoms with Crippen LogP contribution < -0.4 is 5.32 Å². The first-order chi connectivity index (χ1) is 12.8. The number of phenolic OH excluding ortho intramolecular Hbond substituents is 1. The van der Waals surface area contributed by atoms with E-state index in [1.165, 1.54) is 24.8 Å². The molecule has 6 heteroatoms. The highest BCUT2D eigenvalue weighted by molar-refractivity contribution is 5.88. The maximum absolute atomic E-state index is 12.4. The monoisotopic (exact) mass is 373 g/mol. The van der Waals surface area contributed by atoms with Crippen LogP contribution in [0.25, 0.3) is 11.0 Å². The summed E-state index contributed by atoms with van der Waals surface area (Å²) in [6, 6.07) is 4.85. The van der Waals surface area contributed by atoms with Crippen LogP contribution >= 0.6 is 0 Å². The average Bonchev–Trinajstić information content (AvgIpc) is 3.00. The predicted octanol–water partition coefficient (Wildman–Crippen LogP) is 3.55. The van der Waals surface area contributed by atoms with E-state index in [1.807, 2.05) is 0 Å². The summed E-state index contributed by atoms with van der Waals surface area (Å²) in [6.45, 7) is 5.96. The maximum atomic E-state index is 12.4. The number of esters is 1. The number of carbonyl (C=O) groups excluding carboxylic acids is 2. The van der Waals surface area contributed by atoms with Crippen molar-refractivity contribution in [3.63, 3.8) is 0 Å². The summed E-state index contributed by atoms with van der Waals surface area (Å²) in [6.07, 6.45) is 3.89. The van der Waals surface area contributed by atoms with Crippen LogP contribution in [0, 0.1) is 11.8 Å². The molecule has 1 amide bonds. The molecule has 0 spiro atoms. The van der Waals surface area contributed by atoms with Crippen LogP contribution in [-0.4, -0.2) is 29.1 Å². The SMILES string of the molecule is C[C@@H]1[C@H](C)CCC[C@@H]1NC(=O)[C@@H](C)OC(=O)Cc1coc2cc(O)ccc12. The Kier molecular flexibility index (Phi) is 5.73.